The van der Waals surface area contributed by atoms with Crippen molar-refractivity contribution in [1.82, 2.24) is 16.0 Å². The monoisotopic (exact) mass is 478 g/mol. The lowest BCUT2D eigenvalue weighted by Gasteiger charge is -2.21. The number of nitrogens with two attached hydrogens (primary N) is 1. The van der Waals surface area contributed by atoms with Gasteiger partial charge in [0.15, 0.2) is 0 Å². The maximum Gasteiger partial charge on any atom is 0.326 e. The number of hydrogen-bond acceptors (Lipinski definition) is 9. The molecule has 0 aromatic heterocycles. The van der Waals surface area contributed by atoms with E-state index < -0.39 is 97.4 Å². The van der Waals surface area contributed by atoms with Crippen LogP contribution in [0.4, 0.5) is 0 Å². The minimum absolute atomic E-state index is 0.815. The van der Waals surface area contributed by atoms with Crippen LogP contribution in [0.25, 0.3) is 0 Å². The van der Waals surface area contributed by atoms with Gasteiger partial charge in [0, 0.05) is 0 Å². The van der Waals surface area contributed by atoms with Crippen molar-refractivity contribution in [3.8, 4) is 0 Å². The standard InChI is InChI=1S/C16H22N4O13/c17-5(14(28)29)1-9(21)19-7(15(30)31)2-10(22)18-6(3-11(23)24)13(27)20-8(16(32)33)4-12(25)26/h5-8H,1-4,17H2,(H,18,22)(H,19,21)(H,20,27)(H,23,24)(H,25,26)(H,28,29)(H,30,31)(H,32,33). The van der Waals surface area contributed by atoms with Crippen LogP contribution < -0.4 is 21.7 Å². The van der Waals surface area contributed by atoms with E-state index in [0.717, 1.165) is 0 Å². The highest BCUT2D eigenvalue weighted by molar-refractivity contribution is 5.95. The first kappa shape index (κ1) is 28.7. The largest absolute Gasteiger partial charge is 0.481 e. The number of aliphatic carboxylic acids is 5. The Bertz CT molecular complexity index is 827. The Morgan fingerprint density at radius 1 is 0.545 bits per heavy atom. The molecule has 17 heteroatoms. The molecule has 0 aliphatic heterocycles. The lowest BCUT2D eigenvalue weighted by atomic mass is 10.1. The fraction of sp³-hybridized carbons (Fsp3) is 0.500. The van der Waals surface area contributed by atoms with Crippen molar-refractivity contribution in [2.45, 2.75) is 49.9 Å². The Morgan fingerprint density at radius 2 is 0.939 bits per heavy atom. The molecule has 33 heavy (non-hydrogen) atoms. The van der Waals surface area contributed by atoms with Crippen LogP contribution >= 0.6 is 0 Å². The van der Waals surface area contributed by atoms with Crippen molar-refractivity contribution in [2.24, 2.45) is 5.73 Å². The fourth-order valence-electron chi connectivity index (χ4n) is 2.21. The van der Waals surface area contributed by atoms with E-state index in [1.54, 1.807) is 5.32 Å². The number of hydrogen-bond donors (Lipinski definition) is 9. The lowest BCUT2D eigenvalue weighted by molar-refractivity contribution is -0.148. The normalized spacial score (nSPS) is 14.0. The molecule has 0 heterocycles. The van der Waals surface area contributed by atoms with Crippen molar-refractivity contribution in [2.75, 3.05) is 0 Å². The number of carboxylic acids is 5. The van der Waals surface area contributed by atoms with Gasteiger partial charge >= 0.3 is 29.8 Å². The van der Waals surface area contributed by atoms with Crippen LogP contribution in [0, 0.1) is 0 Å². The number of nitrogens with one attached hydrogen (secondary N) is 3. The number of amides is 3. The molecule has 0 aromatic rings. The molecule has 0 fully saturated rings. The molecule has 0 aliphatic rings. The van der Waals surface area contributed by atoms with Gasteiger partial charge in [0.25, 0.3) is 0 Å². The van der Waals surface area contributed by atoms with Gasteiger partial charge < -0.3 is 47.2 Å². The number of carbonyl (C=O) groups excluding carboxylic acids is 3. The summed E-state index contributed by atoms with van der Waals surface area (Å²) in [5, 5.41) is 49.7. The summed E-state index contributed by atoms with van der Waals surface area (Å²) < 4.78 is 0. The average molecular weight is 478 g/mol. The Hall–Kier alpha value is -4.28. The van der Waals surface area contributed by atoms with E-state index >= 15 is 0 Å². The smallest absolute Gasteiger partial charge is 0.326 e. The Morgan fingerprint density at radius 3 is 1.36 bits per heavy atom. The molecule has 3 amide bonds. The quantitative estimate of drug-likeness (QED) is 0.108. The summed E-state index contributed by atoms with van der Waals surface area (Å²) in [5.74, 6) is -12.0. The van der Waals surface area contributed by atoms with Crippen LogP contribution in [0.15, 0.2) is 0 Å². The van der Waals surface area contributed by atoms with E-state index in [4.69, 9.17) is 31.3 Å². The van der Waals surface area contributed by atoms with Gasteiger partial charge in [-0.3, -0.25) is 28.8 Å². The van der Waals surface area contributed by atoms with Gasteiger partial charge in [-0.2, -0.15) is 0 Å². The maximum atomic E-state index is 12.2. The van der Waals surface area contributed by atoms with Gasteiger partial charge in [-0.25, -0.2) is 9.59 Å². The second kappa shape index (κ2) is 13.2. The second-order valence-corrected chi connectivity index (χ2v) is 6.53. The van der Waals surface area contributed by atoms with Crippen LogP contribution in [-0.4, -0.2) is 97.3 Å². The summed E-state index contributed by atoms with van der Waals surface area (Å²) in [4.78, 5) is 90.7. The Labute approximate surface area is 183 Å². The summed E-state index contributed by atoms with van der Waals surface area (Å²) in [5.41, 5.74) is 5.14. The molecule has 0 saturated heterocycles. The molecule has 0 rings (SSSR count). The highest BCUT2D eigenvalue weighted by Gasteiger charge is 2.31. The van der Waals surface area contributed by atoms with Crippen LogP contribution in [0.1, 0.15) is 25.7 Å². The maximum absolute atomic E-state index is 12.2. The molecular weight excluding hydrogens is 456 g/mol. The average Bonchev–Trinajstić information content (AvgIpc) is 2.65. The topological polar surface area (TPSA) is 300 Å². The Balaban J connectivity index is 5.28. The van der Waals surface area contributed by atoms with Crippen molar-refractivity contribution in [3.63, 3.8) is 0 Å². The van der Waals surface area contributed by atoms with Gasteiger partial charge in [0.2, 0.25) is 17.7 Å². The third-order valence-electron chi connectivity index (χ3n) is 3.77. The minimum Gasteiger partial charge on any atom is -0.481 e. The van der Waals surface area contributed by atoms with Crippen LogP contribution in [-0.2, 0) is 38.4 Å². The summed E-state index contributed by atoms with van der Waals surface area (Å²) in [7, 11) is 0. The molecule has 0 aliphatic carbocycles. The highest BCUT2D eigenvalue weighted by Crippen LogP contribution is 2.02. The zero-order valence-corrected chi connectivity index (χ0v) is 16.7. The molecule has 0 aromatic carbocycles. The first-order chi connectivity index (χ1) is 15.1. The molecule has 4 unspecified atom stereocenters. The number of rotatable bonds is 15. The fourth-order valence-corrected chi connectivity index (χ4v) is 2.21. The third-order valence-corrected chi connectivity index (χ3v) is 3.77. The van der Waals surface area contributed by atoms with Crippen molar-refractivity contribution < 1.29 is 63.9 Å². The predicted octanol–water partition coefficient (Wildman–Crippen LogP) is -4.25. The van der Waals surface area contributed by atoms with Crippen molar-refractivity contribution in [1.29, 1.82) is 0 Å². The van der Waals surface area contributed by atoms with E-state index in [1.165, 1.54) is 0 Å². The molecule has 184 valence electrons. The lowest BCUT2D eigenvalue weighted by Crippen LogP contribution is -2.54. The first-order valence-electron chi connectivity index (χ1n) is 8.90. The molecule has 0 spiro atoms. The van der Waals surface area contributed by atoms with E-state index in [-0.39, 0.29) is 0 Å². The van der Waals surface area contributed by atoms with Crippen molar-refractivity contribution in [3.05, 3.63) is 0 Å². The molecule has 4 atom stereocenters. The minimum atomic E-state index is -1.95. The summed E-state index contributed by atoms with van der Waals surface area (Å²) in [6.07, 6.45) is -3.97. The summed E-state index contributed by atoms with van der Waals surface area (Å²) >= 11 is 0. The van der Waals surface area contributed by atoms with Crippen LogP contribution in [0.2, 0.25) is 0 Å². The Kier molecular flexibility index (Phi) is 11.5. The van der Waals surface area contributed by atoms with Gasteiger partial charge in [0.1, 0.15) is 24.2 Å². The zero-order chi connectivity index (χ0) is 25.9. The van der Waals surface area contributed by atoms with Gasteiger partial charge in [0.05, 0.1) is 25.7 Å². The van der Waals surface area contributed by atoms with E-state index in [0.29, 0.717) is 0 Å². The molecule has 0 radical (unpaired) electrons. The van der Waals surface area contributed by atoms with Gasteiger partial charge in [-0.15, -0.1) is 0 Å². The first-order valence-corrected chi connectivity index (χ1v) is 8.90. The van der Waals surface area contributed by atoms with Gasteiger partial charge in [-0.05, 0) is 0 Å². The number of carbonyl (C=O) groups is 8. The number of carboxylic acid groups (broad SMARTS) is 5. The summed E-state index contributed by atoms with van der Waals surface area (Å²) in [6, 6.07) is -7.43. The van der Waals surface area contributed by atoms with E-state index in [9.17, 15) is 38.4 Å². The van der Waals surface area contributed by atoms with E-state index in [2.05, 4.69) is 0 Å². The molecular formula is C16H22N4O13. The van der Waals surface area contributed by atoms with Gasteiger partial charge in [-0.1, -0.05) is 0 Å². The zero-order valence-electron chi connectivity index (χ0n) is 16.7. The molecule has 10 N–H and O–H groups in total. The van der Waals surface area contributed by atoms with Crippen LogP contribution in [0.3, 0.4) is 0 Å². The van der Waals surface area contributed by atoms with Crippen LogP contribution in [0.5, 0.6) is 0 Å². The molecule has 0 saturated carbocycles. The van der Waals surface area contributed by atoms with E-state index in [1.807, 2.05) is 10.6 Å². The predicted molar refractivity (Wildman–Crippen MR) is 100 cm³/mol. The SMILES string of the molecule is NC(CC(=O)NC(CC(=O)NC(CC(=O)O)C(=O)NC(CC(=O)O)C(=O)O)C(=O)O)C(=O)O. The summed E-state index contributed by atoms with van der Waals surface area (Å²) in [6.45, 7) is 0. The third kappa shape index (κ3) is 11.6. The van der Waals surface area contributed by atoms with Crippen molar-refractivity contribution >= 4 is 47.6 Å². The molecule has 0 bridgehead atoms. The second-order valence-electron chi connectivity index (χ2n) is 6.53. The highest BCUT2D eigenvalue weighted by atomic mass is 16.4. The molecule has 17 nitrogen and oxygen atoms in total.